The number of nitrogens with two attached hydrogens (primary N) is 1. The van der Waals surface area contributed by atoms with Crippen LogP contribution in [0, 0.1) is 0 Å². The van der Waals surface area contributed by atoms with Gasteiger partial charge >= 0.3 is 6.61 Å². The Hall–Kier alpha value is -1.69. The zero-order valence-corrected chi connectivity index (χ0v) is 11.4. The highest BCUT2D eigenvalue weighted by atomic mass is 19.3. The van der Waals surface area contributed by atoms with Gasteiger partial charge in [-0.2, -0.15) is 8.78 Å². The second-order valence-electron chi connectivity index (χ2n) is 4.63. The first-order valence-corrected chi connectivity index (χ1v) is 6.53. The topological polar surface area (TPSA) is 64.3 Å². The molecule has 1 unspecified atom stereocenters. The van der Waals surface area contributed by atoms with Crippen molar-refractivity contribution >= 4 is 5.91 Å². The molecule has 0 aliphatic heterocycles. The summed E-state index contributed by atoms with van der Waals surface area (Å²) in [5.41, 5.74) is 6.10. The minimum absolute atomic E-state index is 0.163. The molecular weight excluding hydrogens is 266 g/mol. The van der Waals surface area contributed by atoms with Crippen LogP contribution in [0.1, 0.15) is 25.3 Å². The van der Waals surface area contributed by atoms with Crippen LogP contribution in [0.2, 0.25) is 0 Å². The van der Waals surface area contributed by atoms with E-state index in [9.17, 15) is 13.6 Å². The lowest BCUT2D eigenvalue weighted by atomic mass is 10.1. The molecule has 0 aromatic heterocycles. The van der Waals surface area contributed by atoms with Gasteiger partial charge in [-0.1, -0.05) is 12.1 Å². The van der Waals surface area contributed by atoms with Crippen LogP contribution in [0.25, 0.3) is 0 Å². The number of nitrogens with one attached hydrogen (secondary N) is 1. The molecule has 0 radical (unpaired) electrons. The standard InChI is InChI=1S/C14H20F2N2O2/c1-10(18-9-8-13(17)19)2-3-11-4-6-12(7-5-11)20-14(15)16/h4-7,10,14,18H,2-3,8-9H2,1H3,(H2,17,19). The van der Waals surface area contributed by atoms with Gasteiger partial charge in [-0.05, 0) is 37.5 Å². The number of amides is 1. The highest BCUT2D eigenvalue weighted by Crippen LogP contribution is 2.16. The zero-order chi connectivity index (χ0) is 15.0. The lowest BCUT2D eigenvalue weighted by molar-refractivity contribution is -0.117. The van der Waals surface area contributed by atoms with Gasteiger partial charge in [0.2, 0.25) is 5.91 Å². The molecule has 0 heterocycles. The van der Waals surface area contributed by atoms with Crippen LogP contribution >= 0.6 is 0 Å². The van der Waals surface area contributed by atoms with Gasteiger partial charge < -0.3 is 15.8 Å². The van der Waals surface area contributed by atoms with Crippen molar-refractivity contribution in [2.45, 2.75) is 38.8 Å². The van der Waals surface area contributed by atoms with E-state index in [0.29, 0.717) is 13.0 Å². The summed E-state index contributed by atoms with van der Waals surface area (Å²) in [5, 5.41) is 3.20. The van der Waals surface area contributed by atoms with Gasteiger partial charge in [-0.3, -0.25) is 4.79 Å². The molecule has 1 aromatic carbocycles. The van der Waals surface area contributed by atoms with E-state index in [4.69, 9.17) is 5.73 Å². The van der Waals surface area contributed by atoms with Crippen molar-refractivity contribution in [2.75, 3.05) is 6.54 Å². The number of carbonyl (C=O) groups excluding carboxylic acids is 1. The highest BCUT2D eigenvalue weighted by molar-refractivity contribution is 5.73. The Labute approximate surface area is 117 Å². The summed E-state index contributed by atoms with van der Waals surface area (Å²) < 4.78 is 28.3. The second-order valence-corrected chi connectivity index (χ2v) is 4.63. The number of carbonyl (C=O) groups is 1. The molecule has 0 aliphatic rings. The molecule has 1 rings (SSSR count). The lowest BCUT2D eigenvalue weighted by Gasteiger charge is -2.13. The Bertz CT molecular complexity index is 410. The summed E-state index contributed by atoms with van der Waals surface area (Å²) in [6.07, 6.45) is 2.03. The molecule has 0 spiro atoms. The second kappa shape index (κ2) is 8.47. The molecule has 1 aromatic rings. The van der Waals surface area contributed by atoms with Crippen LogP contribution in [0.3, 0.4) is 0 Å². The first-order valence-electron chi connectivity index (χ1n) is 6.53. The third kappa shape index (κ3) is 7.04. The van der Waals surface area contributed by atoms with Crippen molar-refractivity contribution in [3.05, 3.63) is 29.8 Å². The van der Waals surface area contributed by atoms with E-state index in [-0.39, 0.29) is 17.7 Å². The first kappa shape index (κ1) is 16.4. The van der Waals surface area contributed by atoms with Gasteiger partial charge in [0, 0.05) is 19.0 Å². The molecule has 3 N–H and O–H groups in total. The summed E-state index contributed by atoms with van der Waals surface area (Å²) in [4.78, 5) is 10.6. The molecule has 6 heteroatoms. The summed E-state index contributed by atoms with van der Waals surface area (Å²) in [6.45, 7) is -0.206. The minimum atomic E-state index is -2.80. The Morgan fingerprint density at radius 1 is 1.35 bits per heavy atom. The SMILES string of the molecule is CC(CCc1ccc(OC(F)F)cc1)NCCC(N)=O. The molecule has 1 amide bonds. The fraction of sp³-hybridized carbons (Fsp3) is 0.500. The average molecular weight is 286 g/mol. The molecule has 0 aliphatic carbocycles. The van der Waals surface area contributed by atoms with Crippen molar-refractivity contribution in [3.8, 4) is 5.75 Å². The molecule has 4 nitrogen and oxygen atoms in total. The van der Waals surface area contributed by atoms with Gasteiger partial charge in [0.15, 0.2) is 0 Å². The predicted octanol–water partition coefficient (Wildman–Crippen LogP) is 2.07. The van der Waals surface area contributed by atoms with E-state index >= 15 is 0 Å². The zero-order valence-electron chi connectivity index (χ0n) is 11.4. The van der Waals surface area contributed by atoms with Gasteiger partial charge in [0.1, 0.15) is 5.75 Å². The number of primary amides is 1. The third-order valence-corrected chi connectivity index (χ3v) is 2.88. The first-order chi connectivity index (χ1) is 9.47. The van der Waals surface area contributed by atoms with Crippen molar-refractivity contribution in [2.24, 2.45) is 5.73 Å². The molecule has 112 valence electrons. The number of halogens is 2. The van der Waals surface area contributed by atoms with Crippen LogP contribution in [0.5, 0.6) is 5.75 Å². The fourth-order valence-electron chi connectivity index (χ4n) is 1.76. The molecule has 0 saturated heterocycles. The van der Waals surface area contributed by atoms with Gasteiger partial charge in [-0.25, -0.2) is 0 Å². The maximum absolute atomic E-state index is 12.0. The van der Waals surface area contributed by atoms with Crippen LogP contribution in [0.4, 0.5) is 8.78 Å². The Morgan fingerprint density at radius 2 is 2.00 bits per heavy atom. The predicted molar refractivity (Wildman–Crippen MR) is 72.7 cm³/mol. The summed E-state index contributed by atoms with van der Waals surface area (Å²) in [5.74, 6) is -0.157. The minimum Gasteiger partial charge on any atom is -0.435 e. The van der Waals surface area contributed by atoms with Gasteiger partial charge in [0.05, 0.1) is 0 Å². The van der Waals surface area contributed by atoms with E-state index in [2.05, 4.69) is 10.1 Å². The molecule has 20 heavy (non-hydrogen) atoms. The Morgan fingerprint density at radius 3 is 2.55 bits per heavy atom. The number of hydrogen-bond donors (Lipinski definition) is 2. The van der Waals surface area contributed by atoms with Gasteiger partial charge in [-0.15, -0.1) is 0 Å². The Balaban J connectivity index is 2.28. The van der Waals surface area contributed by atoms with E-state index in [0.717, 1.165) is 18.4 Å². The normalized spacial score (nSPS) is 12.4. The maximum Gasteiger partial charge on any atom is 0.387 e. The molecular formula is C14H20F2N2O2. The number of alkyl halides is 2. The van der Waals surface area contributed by atoms with Crippen molar-refractivity contribution < 1.29 is 18.3 Å². The average Bonchev–Trinajstić information content (AvgIpc) is 2.37. The quantitative estimate of drug-likeness (QED) is 0.730. The smallest absolute Gasteiger partial charge is 0.387 e. The van der Waals surface area contributed by atoms with Crippen molar-refractivity contribution in [3.63, 3.8) is 0 Å². The molecule has 0 bridgehead atoms. The van der Waals surface area contributed by atoms with Crippen LogP contribution in [0.15, 0.2) is 24.3 Å². The van der Waals surface area contributed by atoms with Crippen LogP contribution in [-0.4, -0.2) is 25.1 Å². The number of hydrogen-bond acceptors (Lipinski definition) is 3. The van der Waals surface area contributed by atoms with Crippen LogP contribution < -0.4 is 15.8 Å². The summed E-state index contributed by atoms with van der Waals surface area (Å²) in [7, 11) is 0. The Kier molecular flexibility index (Phi) is 6.93. The van der Waals surface area contributed by atoms with Crippen molar-refractivity contribution in [1.29, 1.82) is 0 Å². The number of benzene rings is 1. The number of aryl methyl sites for hydroxylation is 1. The van der Waals surface area contributed by atoms with E-state index in [1.807, 2.05) is 6.92 Å². The lowest BCUT2D eigenvalue weighted by Crippen LogP contribution is -2.30. The summed E-state index contributed by atoms with van der Waals surface area (Å²) in [6, 6.07) is 6.87. The highest BCUT2D eigenvalue weighted by Gasteiger charge is 2.05. The van der Waals surface area contributed by atoms with Gasteiger partial charge in [0.25, 0.3) is 0 Å². The summed E-state index contributed by atoms with van der Waals surface area (Å²) >= 11 is 0. The van der Waals surface area contributed by atoms with E-state index in [1.54, 1.807) is 12.1 Å². The number of rotatable bonds is 9. The maximum atomic E-state index is 12.0. The monoisotopic (exact) mass is 286 g/mol. The fourth-order valence-corrected chi connectivity index (χ4v) is 1.76. The largest absolute Gasteiger partial charge is 0.435 e. The third-order valence-electron chi connectivity index (χ3n) is 2.88. The van der Waals surface area contributed by atoms with Crippen molar-refractivity contribution in [1.82, 2.24) is 5.32 Å². The van der Waals surface area contributed by atoms with E-state index < -0.39 is 6.61 Å². The van der Waals surface area contributed by atoms with E-state index in [1.165, 1.54) is 12.1 Å². The molecule has 0 saturated carbocycles. The van der Waals surface area contributed by atoms with Crippen LogP contribution in [-0.2, 0) is 11.2 Å². The number of ether oxygens (including phenoxy) is 1. The molecule has 0 fully saturated rings. The molecule has 1 atom stereocenters.